The van der Waals surface area contributed by atoms with Crippen molar-refractivity contribution in [1.29, 1.82) is 0 Å². The summed E-state index contributed by atoms with van der Waals surface area (Å²) in [5.74, 6) is -0.176. The molecular formula is C18H25N3O2. The summed E-state index contributed by atoms with van der Waals surface area (Å²) in [6, 6.07) is 6.01. The Labute approximate surface area is 137 Å². The summed E-state index contributed by atoms with van der Waals surface area (Å²) >= 11 is 0. The second kappa shape index (κ2) is 7.11. The van der Waals surface area contributed by atoms with Crippen LogP contribution in [0.1, 0.15) is 49.7 Å². The fourth-order valence-corrected chi connectivity index (χ4v) is 3.47. The van der Waals surface area contributed by atoms with E-state index in [1.54, 1.807) is 22.7 Å². The number of pyridine rings is 1. The first-order valence-electron chi connectivity index (χ1n) is 8.65. The molecule has 1 atom stereocenters. The third-order valence-corrected chi connectivity index (χ3v) is 4.97. The van der Waals surface area contributed by atoms with Gasteiger partial charge in [0.2, 0.25) is 11.8 Å². The fourth-order valence-electron chi connectivity index (χ4n) is 3.47. The van der Waals surface area contributed by atoms with Crippen LogP contribution in [-0.2, 0) is 4.79 Å². The first-order chi connectivity index (χ1) is 11.1. The second-order valence-electron chi connectivity index (χ2n) is 6.69. The van der Waals surface area contributed by atoms with Crippen molar-refractivity contribution < 1.29 is 9.59 Å². The van der Waals surface area contributed by atoms with Crippen molar-refractivity contribution in [2.45, 2.75) is 51.0 Å². The van der Waals surface area contributed by atoms with Crippen molar-refractivity contribution in [3.05, 3.63) is 29.9 Å². The van der Waals surface area contributed by atoms with Gasteiger partial charge in [0.05, 0.1) is 6.04 Å². The molecule has 0 aromatic carbocycles. The third-order valence-electron chi connectivity index (χ3n) is 4.97. The van der Waals surface area contributed by atoms with E-state index in [-0.39, 0.29) is 17.7 Å². The van der Waals surface area contributed by atoms with Crippen molar-refractivity contribution in [3.8, 4) is 0 Å². The number of carbonyl (C=O) groups is 2. The molecule has 2 aliphatic rings. The van der Waals surface area contributed by atoms with Gasteiger partial charge in [0, 0.05) is 32.1 Å². The zero-order valence-electron chi connectivity index (χ0n) is 13.8. The molecule has 1 aliphatic heterocycles. The number of nitrogens with zero attached hydrogens (tertiary/aromatic N) is 3. The van der Waals surface area contributed by atoms with E-state index in [9.17, 15) is 9.59 Å². The Hall–Kier alpha value is -1.91. The topological polar surface area (TPSA) is 54.7 Å². The molecule has 0 unspecified atom stereocenters. The molecule has 1 aliphatic carbocycles. The van der Waals surface area contributed by atoms with Gasteiger partial charge < -0.3 is 4.90 Å². The monoisotopic (exact) mass is 315 g/mol. The highest BCUT2D eigenvalue weighted by Crippen LogP contribution is 2.20. The molecule has 1 amide bonds. The van der Waals surface area contributed by atoms with Crippen LogP contribution >= 0.6 is 0 Å². The SMILES string of the molecule is CN1CC[C@H](C(=O)n2ccccc2=NC2CCCCC2)CC1=O. The summed E-state index contributed by atoms with van der Waals surface area (Å²) in [6.07, 6.45) is 8.76. The Bertz CT molecular complexity index is 644. The van der Waals surface area contributed by atoms with Gasteiger partial charge in [-0.15, -0.1) is 0 Å². The number of hydrogen-bond acceptors (Lipinski definition) is 3. The van der Waals surface area contributed by atoms with Gasteiger partial charge in [-0.2, -0.15) is 0 Å². The molecule has 0 N–H and O–H groups in total. The normalized spacial score (nSPS) is 24.0. The van der Waals surface area contributed by atoms with E-state index in [0.29, 0.717) is 19.0 Å². The highest BCUT2D eigenvalue weighted by molar-refractivity contribution is 5.88. The van der Waals surface area contributed by atoms with E-state index in [0.717, 1.165) is 24.8 Å². The lowest BCUT2D eigenvalue weighted by molar-refractivity contribution is -0.133. The Morgan fingerprint density at radius 3 is 2.70 bits per heavy atom. The van der Waals surface area contributed by atoms with Crippen molar-refractivity contribution in [1.82, 2.24) is 9.47 Å². The number of aromatic nitrogens is 1. The summed E-state index contributed by atoms with van der Waals surface area (Å²) in [5, 5.41) is 0. The zero-order valence-corrected chi connectivity index (χ0v) is 13.8. The van der Waals surface area contributed by atoms with Gasteiger partial charge >= 0.3 is 0 Å². The number of carbonyl (C=O) groups excluding carboxylic acids is 2. The van der Waals surface area contributed by atoms with Gasteiger partial charge in [0.15, 0.2) is 0 Å². The van der Waals surface area contributed by atoms with Gasteiger partial charge in [-0.05, 0) is 31.4 Å². The van der Waals surface area contributed by atoms with Crippen LogP contribution in [0.2, 0.25) is 0 Å². The molecule has 1 aromatic rings. The fraction of sp³-hybridized carbons (Fsp3) is 0.611. The lowest BCUT2D eigenvalue weighted by atomic mass is 9.95. The predicted octanol–water partition coefficient (Wildman–Crippen LogP) is 2.23. The van der Waals surface area contributed by atoms with Gasteiger partial charge in [-0.25, -0.2) is 0 Å². The standard InChI is InChI=1S/C18H25N3O2/c1-20-12-10-14(13-17(20)22)18(23)21-11-6-5-9-16(21)19-15-7-3-2-4-8-15/h5-6,9,11,14-15H,2-4,7-8,10,12-13H2,1H3/t14-/m0/s1. The first kappa shape index (κ1) is 16.0. The predicted molar refractivity (Wildman–Crippen MR) is 87.9 cm³/mol. The first-order valence-corrected chi connectivity index (χ1v) is 8.65. The molecule has 5 nitrogen and oxygen atoms in total. The summed E-state index contributed by atoms with van der Waals surface area (Å²) in [7, 11) is 1.79. The molecule has 1 aromatic heterocycles. The second-order valence-corrected chi connectivity index (χ2v) is 6.69. The summed E-state index contributed by atoms with van der Waals surface area (Å²) < 4.78 is 1.65. The summed E-state index contributed by atoms with van der Waals surface area (Å²) in [5.41, 5.74) is 0.732. The van der Waals surface area contributed by atoms with Crippen LogP contribution in [0.5, 0.6) is 0 Å². The van der Waals surface area contributed by atoms with Crippen LogP contribution in [0.25, 0.3) is 0 Å². The molecule has 0 bridgehead atoms. The van der Waals surface area contributed by atoms with Crippen LogP contribution in [0.4, 0.5) is 0 Å². The maximum absolute atomic E-state index is 12.8. The minimum absolute atomic E-state index is 0.00149. The summed E-state index contributed by atoms with van der Waals surface area (Å²) in [4.78, 5) is 31.2. The van der Waals surface area contributed by atoms with Crippen molar-refractivity contribution in [3.63, 3.8) is 0 Å². The Morgan fingerprint density at radius 1 is 1.17 bits per heavy atom. The number of amides is 1. The maximum atomic E-state index is 12.8. The molecule has 0 radical (unpaired) electrons. The van der Waals surface area contributed by atoms with Crippen LogP contribution in [0, 0.1) is 5.92 Å². The average molecular weight is 315 g/mol. The molecule has 124 valence electrons. The maximum Gasteiger partial charge on any atom is 0.235 e. The molecular weight excluding hydrogens is 290 g/mol. The highest BCUT2D eigenvalue weighted by atomic mass is 16.2. The van der Waals surface area contributed by atoms with E-state index >= 15 is 0 Å². The Morgan fingerprint density at radius 2 is 1.96 bits per heavy atom. The van der Waals surface area contributed by atoms with Gasteiger partial charge in [0.1, 0.15) is 5.49 Å². The van der Waals surface area contributed by atoms with E-state index in [1.165, 1.54) is 19.3 Å². The van der Waals surface area contributed by atoms with E-state index in [4.69, 9.17) is 4.99 Å². The van der Waals surface area contributed by atoms with Crippen molar-refractivity contribution in [2.75, 3.05) is 13.6 Å². The smallest absolute Gasteiger partial charge is 0.235 e. The van der Waals surface area contributed by atoms with Gasteiger partial charge in [0.25, 0.3) is 0 Å². The molecule has 1 saturated carbocycles. The number of piperidine rings is 1. The zero-order chi connectivity index (χ0) is 16.2. The van der Waals surface area contributed by atoms with E-state index < -0.39 is 0 Å². The van der Waals surface area contributed by atoms with Crippen LogP contribution < -0.4 is 5.49 Å². The molecule has 5 heteroatoms. The van der Waals surface area contributed by atoms with E-state index in [1.807, 2.05) is 18.2 Å². The largest absolute Gasteiger partial charge is 0.346 e. The van der Waals surface area contributed by atoms with Crippen molar-refractivity contribution >= 4 is 11.8 Å². The minimum Gasteiger partial charge on any atom is -0.346 e. The number of likely N-dealkylation sites (tertiary alicyclic amines) is 1. The summed E-state index contributed by atoms with van der Waals surface area (Å²) in [6.45, 7) is 0.651. The molecule has 2 heterocycles. The Kier molecular flexibility index (Phi) is 4.94. The van der Waals surface area contributed by atoms with Gasteiger partial charge in [-0.1, -0.05) is 25.3 Å². The molecule has 1 saturated heterocycles. The quantitative estimate of drug-likeness (QED) is 0.840. The van der Waals surface area contributed by atoms with Crippen LogP contribution in [-0.4, -0.2) is 40.9 Å². The lowest BCUT2D eigenvalue weighted by Gasteiger charge is -2.28. The molecule has 23 heavy (non-hydrogen) atoms. The van der Waals surface area contributed by atoms with Gasteiger partial charge in [-0.3, -0.25) is 19.1 Å². The van der Waals surface area contributed by atoms with Crippen LogP contribution in [0.15, 0.2) is 29.4 Å². The van der Waals surface area contributed by atoms with Crippen LogP contribution in [0.3, 0.4) is 0 Å². The van der Waals surface area contributed by atoms with Crippen molar-refractivity contribution in [2.24, 2.45) is 10.9 Å². The highest BCUT2D eigenvalue weighted by Gasteiger charge is 2.29. The molecule has 2 fully saturated rings. The third kappa shape index (κ3) is 3.71. The lowest BCUT2D eigenvalue weighted by Crippen LogP contribution is -2.41. The Balaban J connectivity index is 1.83. The molecule has 3 rings (SSSR count). The molecule has 0 spiro atoms. The number of rotatable bonds is 2. The van der Waals surface area contributed by atoms with E-state index in [2.05, 4.69) is 0 Å². The minimum atomic E-state index is -0.230. The average Bonchev–Trinajstić information content (AvgIpc) is 2.58. The number of hydrogen-bond donors (Lipinski definition) is 0.